The maximum Gasteiger partial charge on any atom is 0.228 e. The lowest BCUT2D eigenvalue weighted by Crippen LogP contribution is -2.51. The number of para-hydroxylation sites is 1. The summed E-state index contributed by atoms with van der Waals surface area (Å²) in [7, 11) is 0. The molecule has 2 aliphatic heterocycles. The molecule has 1 aliphatic carbocycles. The molecule has 2 saturated heterocycles. The average Bonchev–Trinajstić information content (AvgIpc) is 3.10. The van der Waals surface area contributed by atoms with Gasteiger partial charge >= 0.3 is 0 Å². The predicted molar refractivity (Wildman–Crippen MR) is 102 cm³/mol. The maximum atomic E-state index is 14.0. The number of anilines is 1. The average molecular weight is 373 g/mol. The first-order valence-corrected chi connectivity index (χ1v) is 10.2. The van der Waals surface area contributed by atoms with Crippen molar-refractivity contribution in [2.75, 3.05) is 37.6 Å². The Morgan fingerprint density at radius 3 is 2.41 bits per heavy atom. The predicted octanol–water partition coefficient (Wildman–Crippen LogP) is 2.66. The Hall–Kier alpha value is -2.11. The lowest BCUT2D eigenvalue weighted by Gasteiger charge is -2.37. The zero-order valence-electron chi connectivity index (χ0n) is 15.8. The highest BCUT2D eigenvalue weighted by Crippen LogP contribution is 2.30. The number of halogens is 1. The third-order valence-electron chi connectivity index (χ3n) is 6.31. The molecule has 0 radical (unpaired) electrons. The summed E-state index contributed by atoms with van der Waals surface area (Å²) < 4.78 is 14.0. The fraction of sp³-hybridized carbons (Fsp3) is 0.619. The molecular formula is C21H28FN3O2. The van der Waals surface area contributed by atoms with E-state index in [2.05, 4.69) is 0 Å². The van der Waals surface area contributed by atoms with E-state index in [-0.39, 0.29) is 23.5 Å². The number of nitrogens with zero attached hydrogens (tertiary/aromatic N) is 3. The Kier molecular flexibility index (Phi) is 5.32. The van der Waals surface area contributed by atoms with Crippen molar-refractivity contribution < 1.29 is 14.0 Å². The van der Waals surface area contributed by atoms with Crippen molar-refractivity contribution in [3.05, 3.63) is 30.1 Å². The van der Waals surface area contributed by atoms with Crippen LogP contribution in [0.15, 0.2) is 24.3 Å². The Balaban J connectivity index is 1.33. The Bertz CT molecular complexity index is 696. The minimum Gasteiger partial charge on any atom is -0.366 e. The smallest absolute Gasteiger partial charge is 0.228 e. The van der Waals surface area contributed by atoms with Gasteiger partial charge < -0.3 is 14.7 Å². The molecule has 1 atom stereocenters. The van der Waals surface area contributed by atoms with E-state index in [4.69, 9.17) is 0 Å². The van der Waals surface area contributed by atoms with Crippen molar-refractivity contribution in [1.29, 1.82) is 0 Å². The van der Waals surface area contributed by atoms with Gasteiger partial charge in [-0.25, -0.2) is 4.39 Å². The van der Waals surface area contributed by atoms with E-state index in [1.54, 1.807) is 12.1 Å². The number of hydrogen-bond acceptors (Lipinski definition) is 3. The topological polar surface area (TPSA) is 43.9 Å². The van der Waals surface area contributed by atoms with E-state index in [0.717, 1.165) is 12.8 Å². The number of carbonyl (C=O) groups is 2. The largest absolute Gasteiger partial charge is 0.366 e. The molecule has 6 heteroatoms. The number of carbonyl (C=O) groups excluding carboxylic acids is 2. The van der Waals surface area contributed by atoms with Crippen molar-refractivity contribution >= 4 is 17.5 Å². The monoisotopic (exact) mass is 373 g/mol. The number of hydrogen-bond donors (Lipinski definition) is 0. The summed E-state index contributed by atoms with van der Waals surface area (Å²) in [5.74, 6) is -0.193. The van der Waals surface area contributed by atoms with E-state index in [1.165, 1.54) is 25.3 Å². The van der Waals surface area contributed by atoms with Gasteiger partial charge in [-0.1, -0.05) is 31.4 Å². The minimum absolute atomic E-state index is 0.0924. The van der Waals surface area contributed by atoms with Crippen molar-refractivity contribution in [3.8, 4) is 0 Å². The van der Waals surface area contributed by atoms with Gasteiger partial charge in [0.15, 0.2) is 0 Å². The van der Waals surface area contributed by atoms with Crippen LogP contribution in [0.1, 0.15) is 38.5 Å². The Morgan fingerprint density at radius 2 is 1.70 bits per heavy atom. The van der Waals surface area contributed by atoms with Crippen molar-refractivity contribution in [1.82, 2.24) is 9.80 Å². The fourth-order valence-corrected chi connectivity index (χ4v) is 4.78. The first-order valence-electron chi connectivity index (χ1n) is 10.2. The summed E-state index contributed by atoms with van der Waals surface area (Å²) in [5, 5.41) is 0. The van der Waals surface area contributed by atoms with Crippen LogP contribution < -0.4 is 4.90 Å². The van der Waals surface area contributed by atoms with Gasteiger partial charge in [-0.2, -0.15) is 0 Å². The van der Waals surface area contributed by atoms with Crippen LogP contribution in [0, 0.1) is 11.7 Å². The summed E-state index contributed by atoms with van der Waals surface area (Å²) in [5.41, 5.74) is 0.601. The van der Waals surface area contributed by atoms with Crippen molar-refractivity contribution in [2.45, 2.75) is 44.6 Å². The SMILES string of the molecule is O=C(C1CC(=O)N(C2CCCCC2)C1)N1CCN(c2ccccc2F)CC1. The zero-order valence-corrected chi connectivity index (χ0v) is 15.8. The first-order chi connectivity index (χ1) is 13.1. The number of likely N-dealkylation sites (tertiary alicyclic amines) is 1. The van der Waals surface area contributed by atoms with Crippen LogP contribution in [0.5, 0.6) is 0 Å². The van der Waals surface area contributed by atoms with E-state index < -0.39 is 0 Å². The first kappa shape index (κ1) is 18.3. The van der Waals surface area contributed by atoms with Crippen LogP contribution in [0.3, 0.4) is 0 Å². The van der Waals surface area contributed by atoms with E-state index in [9.17, 15) is 14.0 Å². The zero-order chi connectivity index (χ0) is 18.8. The Morgan fingerprint density at radius 1 is 1.00 bits per heavy atom. The standard InChI is InChI=1S/C21H28FN3O2/c22-18-8-4-5-9-19(18)23-10-12-24(13-11-23)21(27)16-14-20(26)25(15-16)17-6-2-1-3-7-17/h4-5,8-9,16-17H,1-3,6-7,10-15H2. The molecule has 5 nitrogen and oxygen atoms in total. The third-order valence-corrected chi connectivity index (χ3v) is 6.31. The highest BCUT2D eigenvalue weighted by molar-refractivity contribution is 5.89. The molecule has 27 heavy (non-hydrogen) atoms. The van der Waals surface area contributed by atoms with Gasteiger partial charge in [0.05, 0.1) is 11.6 Å². The number of amides is 2. The molecule has 2 heterocycles. The summed E-state index contributed by atoms with van der Waals surface area (Å²) in [6.45, 7) is 3.00. The van der Waals surface area contributed by atoms with Gasteiger partial charge in [0.2, 0.25) is 11.8 Å². The molecule has 2 amide bonds. The number of rotatable bonds is 3. The van der Waals surface area contributed by atoms with Gasteiger partial charge in [-0.15, -0.1) is 0 Å². The molecule has 0 aromatic heterocycles. The van der Waals surface area contributed by atoms with Gasteiger partial charge in [-0.3, -0.25) is 9.59 Å². The number of benzene rings is 1. The molecule has 0 N–H and O–H groups in total. The van der Waals surface area contributed by atoms with Crippen LogP contribution >= 0.6 is 0 Å². The summed E-state index contributed by atoms with van der Waals surface area (Å²) in [6, 6.07) is 7.11. The maximum absolute atomic E-state index is 14.0. The second-order valence-electron chi connectivity index (χ2n) is 8.00. The molecule has 1 aromatic rings. The lowest BCUT2D eigenvalue weighted by molar-refractivity contribution is -0.136. The van der Waals surface area contributed by atoms with Crippen LogP contribution in [0.4, 0.5) is 10.1 Å². The second-order valence-corrected chi connectivity index (χ2v) is 8.00. The second kappa shape index (κ2) is 7.87. The molecular weight excluding hydrogens is 345 g/mol. The molecule has 4 rings (SSSR count). The highest BCUT2D eigenvalue weighted by atomic mass is 19.1. The van der Waals surface area contributed by atoms with E-state index >= 15 is 0 Å². The fourth-order valence-electron chi connectivity index (χ4n) is 4.78. The quantitative estimate of drug-likeness (QED) is 0.818. The summed E-state index contributed by atoms with van der Waals surface area (Å²) >= 11 is 0. The molecule has 0 bridgehead atoms. The molecule has 3 aliphatic rings. The molecule has 1 unspecified atom stereocenters. The van der Waals surface area contributed by atoms with Crippen LogP contribution in [-0.2, 0) is 9.59 Å². The molecule has 3 fully saturated rings. The lowest BCUT2D eigenvalue weighted by atomic mass is 9.94. The molecule has 1 saturated carbocycles. The molecule has 0 spiro atoms. The van der Waals surface area contributed by atoms with E-state index in [1.807, 2.05) is 20.8 Å². The van der Waals surface area contributed by atoms with Crippen LogP contribution in [0.2, 0.25) is 0 Å². The van der Waals surface area contributed by atoms with E-state index in [0.29, 0.717) is 50.9 Å². The van der Waals surface area contributed by atoms with Crippen molar-refractivity contribution in [2.24, 2.45) is 5.92 Å². The van der Waals surface area contributed by atoms with Gasteiger partial charge in [-0.05, 0) is 25.0 Å². The molecule has 1 aromatic carbocycles. The van der Waals surface area contributed by atoms with Gasteiger partial charge in [0.25, 0.3) is 0 Å². The van der Waals surface area contributed by atoms with Gasteiger partial charge in [0, 0.05) is 45.2 Å². The number of piperazine rings is 1. The van der Waals surface area contributed by atoms with Crippen LogP contribution in [0.25, 0.3) is 0 Å². The minimum atomic E-state index is -0.221. The third kappa shape index (κ3) is 3.80. The normalized spacial score (nSPS) is 24.6. The Labute approximate surface area is 160 Å². The van der Waals surface area contributed by atoms with Crippen LogP contribution in [-0.4, -0.2) is 60.4 Å². The molecule has 146 valence electrons. The highest BCUT2D eigenvalue weighted by Gasteiger charge is 2.40. The summed E-state index contributed by atoms with van der Waals surface area (Å²) in [6.07, 6.45) is 6.13. The van der Waals surface area contributed by atoms with Gasteiger partial charge in [0.1, 0.15) is 5.82 Å². The van der Waals surface area contributed by atoms with Crippen molar-refractivity contribution in [3.63, 3.8) is 0 Å². The summed E-state index contributed by atoms with van der Waals surface area (Å²) in [4.78, 5) is 31.2.